The molecule has 2 N–H and O–H groups in total. The molecule has 0 bridgehead atoms. The number of aromatic nitrogens is 2. The maximum atomic E-state index is 12.9. The molecule has 124 valence electrons. The maximum Gasteiger partial charge on any atom is 0.205 e. The molecular weight excluding hydrogens is 313 g/mol. The second kappa shape index (κ2) is 7.84. The Bertz CT molecular complexity index is 611. The second-order valence-electron chi connectivity index (χ2n) is 6.15. The van der Waals surface area contributed by atoms with E-state index in [4.69, 9.17) is 0 Å². The van der Waals surface area contributed by atoms with Crippen LogP contribution in [0, 0.1) is 11.7 Å². The summed E-state index contributed by atoms with van der Waals surface area (Å²) < 4.78 is 12.9. The lowest BCUT2D eigenvalue weighted by Gasteiger charge is -2.26. The first-order valence-electron chi connectivity index (χ1n) is 8.19. The molecule has 0 radical (unpaired) electrons. The lowest BCUT2D eigenvalue weighted by Crippen LogP contribution is -2.29. The molecule has 0 aliphatic heterocycles. The number of halogens is 1. The SMILES string of the molecule is OC(CNc1nnc(Cc2ccc(F)cc2)s1)C1CCCCC1. The Morgan fingerprint density at radius 3 is 2.65 bits per heavy atom. The van der Waals surface area contributed by atoms with Crippen LogP contribution in [0.15, 0.2) is 24.3 Å². The number of aliphatic hydroxyl groups is 1. The van der Waals surface area contributed by atoms with Gasteiger partial charge in [-0.25, -0.2) is 4.39 Å². The predicted molar refractivity (Wildman–Crippen MR) is 90.2 cm³/mol. The molecule has 4 nitrogen and oxygen atoms in total. The molecule has 1 atom stereocenters. The van der Waals surface area contributed by atoms with Crippen molar-refractivity contribution in [3.8, 4) is 0 Å². The Kier molecular flexibility index (Phi) is 5.56. The maximum absolute atomic E-state index is 12.9. The van der Waals surface area contributed by atoms with Crippen molar-refractivity contribution in [2.45, 2.75) is 44.6 Å². The van der Waals surface area contributed by atoms with Crippen LogP contribution in [0.2, 0.25) is 0 Å². The standard InChI is InChI=1S/C17H22FN3OS/c18-14-8-6-12(7-9-14)10-16-20-21-17(23-16)19-11-15(22)13-4-2-1-3-5-13/h6-9,13,15,22H,1-5,10-11H2,(H,19,21). The molecule has 2 aromatic rings. The van der Waals surface area contributed by atoms with E-state index in [2.05, 4.69) is 15.5 Å². The molecule has 1 aliphatic rings. The summed E-state index contributed by atoms with van der Waals surface area (Å²) in [6, 6.07) is 6.43. The van der Waals surface area contributed by atoms with Gasteiger partial charge in [0.2, 0.25) is 5.13 Å². The summed E-state index contributed by atoms with van der Waals surface area (Å²) in [4.78, 5) is 0. The first-order chi connectivity index (χ1) is 11.2. The number of benzene rings is 1. The third kappa shape index (κ3) is 4.72. The van der Waals surface area contributed by atoms with Gasteiger partial charge >= 0.3 is 0 Å². The largest absolute Gasteiger partial charge is 0.391 e. The van der Waals surface area contributed by atoms with E-state index in [1.807, 2.05) is 0 Å². The summed E-state index contributed by atoms with van der Waals surface area (Å²) in [5.41, 5.74) is 1.01. The van der Waals surface area contributed by atoms with E-state index in [1.54, 1.807) is 12.1 Å². The fourth-order valence-electron chi connectivity index (χ4n) is 3.05. The highest BCUT2D eigenvalue weighted by Gasteiger charge is 2.21. The molecule has 6 heteroatoms. The Balaban J connectivity index is 1.49. The quantitative estimate of drug-likeness (QED) is 0.846. The van der Waals surface area contributed by atoms with Gasteiger partial charge in [0.25, 0.3) is 0 Å². The highest BCUT2D eigenvalue weighted by molar-refractivity contribution is 7.15. The van der Waals surface area contributed by atoms with E-state index in [1.165, 1.54) is 42.7 Å². The van der Waals surface area contributed by atoms with Gasteiger partial charge in [-0.15, -0.1) is 10.2 Å². The van der Waals surface area contributed by atoms with Crippen LogP contribution in [0.25, 0.3) is 0 Å². The van der Waals surface area contributed by atoms with Crippen LogP contribution >= 0.6 is 11.3 Å². The Morgan fingerprint density at radius 1 is 1.17 bits per heavy atom. The number of rotatable bonds is 6. The number of hydrogen-bond acceptors (Lipinski definition) is 5. The van der Waals surface area contributed by atoms with Crippen LogP contribution in [0.4, 0.5) is 9.52 Å². The average molecular weight is 335 g/mol. The van der Waals surface area contributed by atoms with Gasteiger partial charge < -0.3 is 10.4 Å². The zero-order chi connectivity index (χ0) is 16.1. The van der Waals surface area contributed by atoms with Crippen LogP contribution < -0.4 is 5.32 Å². The Hall–Kier alpha value is -1.53. The van der Waals surface area contributed by atoms with E-state index < -0.39 is 0 Å². The average Bonchev–Trinajstić information content (AvgIpc) is 3.03. The minimum absolute atomic E-state index is 0.231. The van der Waals surface area contributed by atoms with Gasteiger partial charge in [0.1, 0.15) is 10.8 Å². The molecule has 1 unspecified atom stereocenters. The third-order valence-corrected chi connectivity index (χ3v) is 5.27. The highest BCUT2D eigenvalue weighted by atomic mass is 32.1. The fourth-order valence-corrected chi connectivity index (χ4v) is 3.83. The van der Waals surface area contributed by atoms with Crippen molar-refractivity contribution in [1.29, 1.82) is 0 Å². The molecule has 0 spiro atoms. The van der Waals surface area contributed by atoms with Crippen molar-refractivity contribution in [3.05, 3.63) is 40.7 Å². The van der Waals surface area contributed by atoms with E-state index in [0.717, 1.165) is 28.5 Å². The van der Waals surface area contributed by atoms with Crippen molar-refractivity contribution in [1.82, 2.24) is 10.2 Å². The molecule has 1 aromatic carbocycles. The number of nitrogens with zero attached hydrogens (tertiary/aromatic N) is 2. The van der Waals surface area contributed by atoms with Gasteiger partial charge in [0.05, 0.1) is 6.10 Å². The molecule has 1 saturated carbocycles. The normalized spacial score (nSPS) is 17.1. The molecular formula is C17H22FN3OS. The highest BCUT2D eigenvalue weighted by Crippen LogP contribution is 2.27. The van der Waals surface area contributed by atoms with Gasteiger partial charge in [-0.2, -0.15) is 0 Å². The Morgan fingerprint density at radius 2 is 1.91 bits per heavy atom. The smallest absolute Gasteiger partial charge is 0.205 e. The van der Waals surface area contributed by atoms with E-state index in [-0.39, 0.29) is 11.9 Å². The number of nitrogens with one attached hydrogen (secondary N) is 1. The summed E-state index contributed by atoms with van der Waals surface area (Å²) in [6.45, 7) is 0.524. The number of aliphatic hydroxyl groups excluding tert-OH is 1. The van der Waals surface area contributed by atoms with Crippen LogP contribution in [-0.4, -0.2) is 28.0 Å². The van der Waals surface area contributed by atoms with Crippen molar-refractivity contribution in [2.24, 2.45) is 5.92 Å². The fraction of sp³-hybridized carbons (Fsp3) is 0.529. The topological polar surface area (TPSA) is 58.0 Å². The molecule has 23 heavy (non-hydrogen) atoms. The van der Waals surface area contributed by atoms with Gasteiger partial charge in [-0.3, -0.25) is 0 Å². The van der Waals surface area contributed by atoms with Crippen molar-refractivity contribution < 1.29 is 9.50 Å². The number of anilines is 1. The second-order valence-corrected chi connectivity index (χ2v) is 7.21. The predicted octanol–water partition coefficient (Wildman–Crippen LogP) is 3.62. The van der Waals surface area contributed by atoms with Crippen LogP contribution in [0.3, 0.4) is 0 Å². The first kappa shape index (κ1) is 16.3. The third-order valence-electron chi connectivity index (χ3n) is 4.39. The lowest BCUT2D eigenvalue weighted by atomic mass is 9.85. The molecule has 1 heterocycles. The van der Waals surface area contributed by atoms with E-state index >= 15 is 0 Å². The minimum Gasteiger partial charge on any atom is -0.391 e. The van der Waals surface area contributed by atoms with Gasteiger partial charge in [-0.1, -0.05) is 42.7 Å². The van der Waals surface area contributed by atoms with Crippen molar-refractivity contribution >= 4 is 16.5 Å². The van der Waals surface area contributed by atoms with Gasteiger partial charge in [0, 0.05) is 13.0 Å². The first-order valence-corrected chi connectivity index (χ1v) is 9.01. The van der Waals surface area contributed by atoms with Crippen molar-refractivity contribution in [2.75, 3.05) is 11.9 Å². The molecule has 1 fully saturated rings. The summed E-state index contributed by atoms with van der Waals surface area (Å²) >= 11 is 1.48. The summed E-state index contributed by atoms with van der Waals surface area (Å²) in [7, 11) is 0. The summed E-state index contributed by atoms with van der Waals surface area (Å²) in [5.74, 6) is 0.174. The molecule has 1 aromatic heterocycles. The summed E-state index contributed by atoms with van der Waals surface area (Å²) in [6.07, 6.45) is 6.30. The summed E-state index contributed by atoms with van der Waals surface area (Å²) in [5, 5.41) is 23.3. The van der Waals surface area contributed by atoms with E-state index in [9.17, 15) is 9.50 Å². The van der Waals surface area contributed by atoms with Crippen LogP contribution in [0.1, 0.15) is 42.7 Å². The van der Waals surface area contributed by atoms with Gasteiger partial charge in [-0.05, 0) is 36.5 Å². The van der Waals surface area contributed by atoms with Gasteiger partial charge in [0.15, 0.2) is 0 Å². The Labute approximate surface area is 139 Å². The monoisotopic (exact) mass is 335 g/mol. The molecule has 3 rings (SSSR count). The minimum atomic E-state index is -0.320. The molecule has 1 aliphatic carbocycles. The van der Waals surface area contributed by atoms with Crippen LogP contribution in [-0.2, 0) is 6.42 Å². The van der Waals surface area contributed by atoms with E-state index in [0.29, 0.717) is 18.9 Å². The van der Waals surface area contributed by atoms with Crippen LogP contribution in [0.5, 0.6) is 0 Å². The van der Waals surface area contributed by atoms with Crippen molar-refractivity contribution in [3.63, 3.8) is 0 Å². The number of hydrogen-bond donors (Lipinski definition) is 2. The lowest BCUT2D eigenvalue weighted by molar-refractivity contribution is 0.0956. The molecule has 0 amide bonds. The zero-order valence-corrected chi connectivity index (χ0v) is 13.9. The zero-order valence-electron chi connectivity index (χ0n) is 13.0. The molecule has 0 saturated heterocycles.